The normalized spacial score (nSPS) is 29.8. The van der Waals surface area contributed by atoms with Gasteiger partial charge in [-0.15, -0.1) is 0 Å². The van der Waals surface area contributed by atoms with Crippen LogP contribution in [0.5, 0.6) is 0 Å². The lowest BCUT2D eigenvalue weighted by Crippen LogP contribution is -2.60. The first kappa shape index (κ1) is 18.3. The predicted octanol–water partition coefficient (Wildman–Crippen LogP) is -0.868. The molecule has 2 rings (SSSR count). The lowest BCUT2D eigenvalue weighted by molar-refractivity contribution is -0.197. The van der Waals surface area contributed by atoms with Crippen molar-refractivity contribution in [3.05, 3.63) is 35.4 Å². The van der Waals surface area contributed by atoms with Gasteiger partial charge in [-0.25, -0.2) is 4.79 Å². The summed E-state index contributed by atoms with van der Waals surface area (Å²) >= 11 is 0. The van der Waals surface area contributed by atoms with E-state index in [9.17, 15) is 24.9 Å². The number of esters is 1. The highest BCUT2D eigenvalue weighted by atomic mass is 16.5. The SMILES string of the molecule is COC(=O)c1ccc(C2O[C@H](CO)[C@@H](O)[C@H](O)[C@H]2NC(C)=O)cc1. The van der Waals surface area contributed by atoms with Crippen LogP contribution in [0.4, 0.5) is 0 Å². The molecule has 0 aliphatic carbocycles. The van der Waals surface area contributed by atoms with Crippen LogP contribution in [0, 0.1) is 0 Å². The van der Waals surface area contributed by atoms with E-state index in [0.29, 0.717) is 11.1 Å². The highest BCUT2D eigenvalue weighted by Gasteiger charge is 2.45. The number of nitrogens with one attached hydrogen (secondary N) is 1. The second kappa shape index (κ2) is 7.71. The molecule has 8 heteroatoms. The zero-order valence-electron chi connectivity index (χ0n) is 13.4. The molecule has 1 aromatic rings. The molecular weight excluding hydrogens is 318 g/mol. The number of carbonyl (C=O) groups excluding carboxylic acids is 2. The van der Waals surface area contributed by atoms with Gasteiger partial charge in [0.05, 0.1) is 25.3 Å². The van der Waals surface area contributed by atoms with E-state index < -0.39 is 48.9 Å². The average molecular weight is 339 g/mol. The molecule has 132 valence electrons. The number of ether oxygens (including phenoxy) is 2. The third kappa shape index (κ3) is 3.73. The van der Waals surface area contributed by atoms with Crippen LogP contribution in [-0.4, -0.2) is 65.3 Å². The van der Waals surface area contributed by atoms with E-state index in [4.69, 9.17) is 4.74 Å². The molecule has 0 spiro atoms. The topological polar surface area (TPSA) is 125 Å². The summed E-state index contributed by atoms with van der Waals surface area (Å²) in [4.78, 5) is 22.9. The Balaban J connectivity index is 2.31. The minimum absolute atomic E-state index is 0.340. The largest absolute Gasteiger partial charge is 0.465 e. The van der Waals surface area contributed by atoms with Gasteiger partial charge in [0.2, 0.25) is 5.91 Å². The van der Waals surface area contributed by atoms with Crippen molar-refractivity contribution in [1.82, 2.24) is 5.32 Å². The van der Waals surface area contributed by atoms with Gasteiger partial charge in [-0.3, -0.25) is 4.79 Å². The van der Waals surface area contributed by atoms with E-state index >= 15 is 0 Å². The van der Waals surface area contributed by atoms with Crippen molar-refractivity contribution in [3.63, 3.8) is 0 Å². The van der Waals surface area contributed by atoms with Gasteiger partial charge in [-0.1, -0.05) is 12.1 Å². The standard InChI is InChI=1S/C16H21NO7/c1-8(19)17-12-14(21)13(20)11(7-18)24-15(12)9-3-5-10(6-4-9)16(22)23-2/h3-6,11-15,18,20-21H,7H2,1-2H3,(H,17,19)/t11-,12-,13-,14-,15?/m1/s1. The Labute approximate surface area is 139 Å². The Bertz CT molecular complexity index is 589. The van der Waals surface area contributed by atoms with Gasteiger partial charge in [0.25, 0.3) is 0 Å². The molecule has 24 heavy (non-hydrogen) atoms. The fourth-order valence-electron chi connectivity index (χ4n) is 2.72. The lowest BCUT2D eigenvalue weighted by Gasteiger charge is -2.42. The number of amides is 1. The van der Waals surface area contributed by atoms with Gasteiger partial charge in [0.1, 0.15) is 24.4 Å². The van der Waals surface area contributed by atoms with Gasteiger partial charge >= 0.3 is 5.97 Å². The van der Waals surface area contributed by atoms with Crippen molar-refractivity contribution in [2.45, 2.75) is 37.4 Å². The van der Waals surface area contributed by atoms with E-state index in [1.165, 1.54) is 26.2 Å². The highest BCUT2D eigenvalue weighted by Crippen LogP contribution is 2.32. The zero-order valence-corrected chi connectivity index (χ0v) is 13.4. The summed E-state index contributed by atoms with van der Waals surface area (Å²) < 4.78 is 10.3. The second-order valence-electron chi connectivity index (χ2n) is 5.60. The molecule has 1 heterocycles. The van der Waals surface area contributed by atoms with E-state index in [0.717, 1.165) is 0 Å². The molecule has 1 unspecified atom stereocenters. The smallest absolute Gasteiger partial charge is 0.337 e. The molecule has 0 saturated carbocycles. The Hall–Kier alpha value is -2.00. The van der Waals surface area contributed by atoms with Crippen LogP contribution in [0.2, 0.25) is 0 Å². The van der Waals surface area contributed by atoms with Gasteiger partial charge in [-0.05, 0) is 17.7 Å². The molecule has 4 N–H and O–H groups in total. The van der Waals surface area contributed by atoms with Crippen molar-refractivity contribution in [2.75, 3.05) is 13.7 Å². The highest BCUT2D eigenvalue weighted by molar-refractivity contribution is 5.89. The summed E-state index contributed by atoms with van der Waals surface area (Å²) in [6, 6.07) is 5.36. The van der Waals surface area contributed by atoms with E-state index in [-0.39, 0.29) is 0 Å². The molecule has 1 amide bonds. The zero-order chi connectivity index (χ0) is 17.9. The quantitative estimate of drug-likeness (QED) is 0.526. The van der Waals surface area contributed by atoms with Crippen LogP contribution in [0.3, 0.4) is 0 Å². The Morgan fingerprint density at radius 3 is 2.33 bits per heavy atom. The summed E-state index contributed by atoms with van der Waals surface area (Å²) in [6.07, 6.45) is -4.44. The van der Waals surface area contributed by atoms with Crippen LogP contribution in [0.1, 0.15) is 28.9 Å². The van der Waals surface area contributed by atoms with Crippen LogP contribution in [0.25, 0.3) is 0 Å². The predicted molar refractivity (Wildman–Crippen MR) is 82.1 cm³/mol. The fraction of sp³-hybridized carbons (Fsp3) is 0.500. The number of aliphatic hydroxyl groups is 3. The van der Waals surface area contributed by atoms with Gasteiger partial charge in [0, 0.05) is 6.92 Å². The van der Waals surface area contributed by atoms with Crippen molar-refractivity contribution >= 4 is 11.9 Å². The number of hydrogen-bond donors (Lipinski definition) is 4. The van der Waals surface area contributed by atoms with E-state index in [1.54, 1.807) is 12.1 Å². The Kier molecular flexibility index (Phi) is 5.89. The summed E-state index contributed by atoms with van der Waals surface area (Å²) in [6.45, 7) is 0.802. The molecule has 0 bridgehead atoms. The van der Waals surface area contributed by atoms with Crippen molar-refractivity contribution in [1.29, 1.82) is 0 Å². The number of benzene rings is 1. The number of hydrogen-bond acceptors (Lipinski definition) is 7. The van der Waals surface area contributed by atoms with Crippen LogP contribution in [-0.2, 0) is 14.3 Å². The number of methoxy groups -OCH3 is 1. The lowest BCUT2D eigenvalue weighted by atomic mass is 9.88. The first-order valence-electron chi connectivity index (χ1n) is 7.46. The maximum atomic E-state index is 11.5. The molecular formula is C16H21NO7. The van der Waals surface area contributed by atoms with Crippen molar-refractivity contribution in [3.8, 4) is 0 Å². The molecule has 1 fully saturated rings. The minimum Gasteiger partial charge on any atom is -0.465 e. The first-order chi connectivity index (χ1) is 11.4. The van der Waals surface area contributed by atoms with Crippen LogP contribution >= 0.6 is 0 Å². The van der Waals surface area contributed by atoms with Gasteiger partial charge < -0.3 is 30.1 Å². The minimum atomic E-state index is -1.34. The maximum absolute atomic E-state index is 11.5. The third-order valence-corrected chi connectivity index (χ3v) is 3.96. The molecule has 1 aliphatic heterocycles. The van der Waals surface area contributed by atoms with Crippen LogP contribution < -0.4 is 5.32 Å². The van der Waals surface area contributed by atoms with Crippen LogP contribution in [0.15, 0.2) is 24.3 Å². The van der Waals surface area contributed by atoms with Gasteiger partial charge in [0.15, 0.2) is 0 Å². The van der Waals surface area contributed by atoms with Crippen molar-refractivity contribution in [2.24, 2.45) is 0 Å². The molecule has 8 nitrogen and oxygen atoms in total. The molecule has 0 radical (unpaired) electrons. The number of carbonyl (C=O) groups is 2. The average Bonchev–Trinajstić information content (AvgIpc) is 2.58. The fourth-order valence-corrected chi connectivity index (χ4v) is 2.72. The molecule has 5 atom stereocenters. The van der Waals surface area contributed by atoms with Crippen molar-refractivity contribution < 1.29 is 34.4 Å². The third-order valence-electron chi connectivity index (χ3n) is 3.96. The van der Waals surface area contributed by atoms with E-state index in [1.807, 2.05) is 0 Å². The monoisotopic (exact) mass is 339 g/mol. The first-order valence-corrected chi connectivity index (χ1v) is 7.46. The summed E-state index contributed by atoms with van der Waals surface area (Å²) in [5, 5.41) is 32.1. The Morgan fingerprint density at radius 2 is 1.83 bits per heavy atom. The second-order valence-corrected chi connectivity index (χ2v) is 5.60. The molecule has 1 aromatic carbocycles. The summed E-state index contributed by atoms with van der Waals surface area (Å²) in [7, 11) is 1.27. The van der Waals surface area contributed by atoms with Gasteiger partial charge in [-0.2, -0.15) is 0 Å². The molecule has 1 saturated heterocycles. The van der Waals surface area contributed by atoms with E-state index in [2.05, 4.69) is 10.1 Å². The number of aliphatic hydroxyl groups excluding tert-OH is 3. The molecule has 0 aromatic heterocycles. The summed E-state index contributed by atoms with van der Waals surface area (Å²) in [5.74, 6) is -0.887. The maximum Gasteiger partial charge on any atom is 0.337 e. The number of rotatable bonds is 4. The molecule has 1 aliphatic rings. The Morgan fingerprint density at radius 1 is 1.21 bits per heavy atom. The summed E-state index contributed by atoms with van der Waals surface area (Å²) in [5.41, 5.74) is 0.915.